The molecule has 3 heteroatoms. The van der Waals surface area contributed by atoms with Gasteiger partial charge >= 0.3 is 0 Å². The van der Waals surface area contributed by atoms with Crippen LogP contribution in [0.4, 0.5) is 0 Å². The van der Waals surface area contributed by atoms with E-state index in [2.05, 4.69) is 37.9 Å². The van der Waals surface area contributed by atoms with Crippen molar-refractivity contribution in [3.05, 3.63) is 0 Å². The van der Waals surface area contributed by atoms with Crippen molar-refractivity contribution >= 4 is 0 Å². The summed E-state index contributed by atoms with van der Waals surface area (Å²) in [4.78, 5) is 2.73. The molecule has 2 saturated heterocycles. The Bertz CT molecular complexity index is 292. The number of hydrogen-bond acceptors (Lipinski definition) is 3. The van der Waals surface area contributed by atoms with Crippen LogP contribution in [-0.2, 0) is 4.74 Å². The Hall–Kier alpha value is -0.120. The van der Waals surface area contributed by atoms with Crippen LogP contribution in [0.2, 0.25) is 0 Å². The molecule has 1 N–H and O–H groups in total. The van der Waals surface area contributed by atoms with Crippen LogP contribution in [0.25, 0.3) is 0 Å². The van der Waals surface area contributed by atoms with Crippen molar-refractivity contribution in [2.45, 2.75) is 71.4 Å². The zero-order valence-corrected chi connectivity index (χ0v) is 14.0. The predicted molar refractivity (Wildman–Crippen MR) is 85.1 cm³/mol. The molecule has 20 heavy (non-hydrogen) atoms. The maximum absolute atomic E-state index is 5.77. The lowest BCUT2D eigenvalue weighted by molar-refractivity contribution is 0.0857. The molecule has 0 aliphatic carbocycles. The molecule has 0 amide bonds. The summed E-state index contributed by atoms with van der Waals surface area (Å²) < 4.78 is 5.77. The van der Waals surface area contributed by atoms with E-state index in [1.54, 1.807) is 0 Å². The molecule has 118 valence electrons. The van der Waals surface area contributed by atoms with Crippen LogP contribution >= 0.6 is 0 Å². The van der Waals surface area contributed by atoms with Crippen LogP contribution in [0.1, 0.15) is 59.8 Å². The first-order chi connectivity index (χ1) is 9.40. The van der Waals surface area contributed by atoms with Gasteiger partial charge in [0, 0.05) is 36.7 Å². The van der Waals surface area contributed by atoms with E-state index in [0.717, 1.165) is 25.8 Å². The minimum absolute atomic E-state index is 0.194. The molecule has 2 unspecified atom stereocenters. The molecule has 2 rings (SSSR count). The Labute approximate surface area is 125 Å². The van der Waals surface area contributed by atoms with Crippen LogP contribution in [0.5, 0.6) is 0 Å². The largest absolute Gasteiger partial charge is 0.381 e. The van der Waals surface area contributed by atoms with Crippen LogP contribution in [0, 0.1) is 5.41 Å². The molecular formula is C17H34N2O. The van der Waals surface area contributed by atoms with Crippen molar-refractivity contribution < 1.29 is 4.74 Å². The SMILES string of the molecule is CC1CCCCCN1CC1(CNC(C)(C)C)CCOC1. The minimum atomic E-state index is 0.194. The standard InChI is InChI=1S/C17H34N2O/c1-15-8-6-5-7-10-19(15)13-17(9-11-20-14-17)12-18-16(2,3)4/h15,18H,5-14H2,1-4H3. The van der Waals surface area contributed by atoms with E-state index >= 15 is 0 Å². The Morgan fingerprint density at radius 1 is 1.25 bits per heavy atom. The van der Waals surface area contributed by atoms with Crippen molar-refractivity contribution in [1.29, 1.82) is 0 Å². The zero-order chi connectivity index (χ0) is 14.6. The Kier molecular flexibility index (Phi) is 5.49. The lowest BCUT2D eigenvalue weighted by Gasteiger charge is -2.38. The fraction of sp³-hybridized carbons (Fsp3) is 1.00. The fourth-order valence-corrected chi connectivity index (χ4v) is 3.42. The average Bonchev–Trinajstić information content (AvgIpc) is 2.74. The molecule has 2 atom stereocenters. The van der Waals surface area contributed by atoms with Gasteiger partial charge in [0.05, 0.1) is 6.61 Å². The third-order valence-electron chi connectivity index (χ3n) is 4.91. The van der Waals surface area contributed by atoms with Crippen molar-refractivity contribution in [2.24, 2.45) is 5.41 Å². The summed E-state index contributed by atoms with van der Waals surface area (Å²) in [5.74, 6) is 0. The van der Waals surface area contributed by atoms with Gasteiger partial charge in [-0.05, 0) is 53.5 Å². The summed E-state index contributed by atoms with van der Waals surface area (Å²) in [5.41, 5.74) is 0.520. The Morgan fingerprint density at radius 2 is 2.05 bits per heavy atom. The van der Waals surface area contributed by atoms with E-state index in [4.69, 9.17) is 4.74 Å². The molecule has 3 nitrogen and oxygen atoms in total. The average molecular weight is 282 g/mol. The highest BCUT2D eigenvalue weighted by molar-refractivity contribution is 4.91. The van der Waals surface area contributed by atoms with E-state index in [1.807, 2.05) is 0 Å². The molecule has 0 aromatic rings. The van der Waals surface area contributed by atoms with Gasteiger partial charge in [0.1, 0.15) is 0 Å². The molecule has 0 aromatic heterocycles. The van der Waals surface area contributed by atoms with Crippen LogP contribution in [0.3, 0.4) is 0 Å². The first kappa shape index (κ1) is 16.3. The third kappa shape index (κ3) is 4.71. The molecule has 2 heterocycles. The quantitative estimate of drug-likeness (QED) is 0.858. The van der Waals surface area contributed by atoms with Gasteiger partial charge in [0.25, 0.3) is 0 Å². The van der Waals surface area contributed by atoms with Crippen LogP contribution in [0.15, 0.2) is 0 Å². The van der Waals surface area contributed by atoms with E-state index in [-0.39, 0.29) is 5.54 Å². The number of hydrogen-bond donors (Lipinski definition) is 1. The summed E-state index contributed by atoms with van der Waals surface area (Å²) in [5, 5.41) is 3.72. The smallest absolute Gasteiger partial charge is 0.0547 e. The molecule has 2 fully saturated rings. The summed E-state index contributed by atoms with van der Waals surface area (Å²) in [6.07, 6.45) is 6.75. The Morgan fingerprint density at radius 3 is 2.70 bits per heavy atom. The lowest BCUT2D eigenvalue weighted by atomic mass is 9.85. The monoisotopic (exact) mass is 282 g/mol. The fourth-order valence-electron chi connectivity index (χ4n) is 3.42. The molecule has 0 saturated carbocycles. The molecule has 2 aliphatic rings. The topological polar surface area (TPSA) is 24.5 Å². The highest BCUT2D eigenvalue weighted by Gasteiger charge is 2.38. The maximum atomic E-state index is 5.77. The number of rotatable bonds is 4. The molecule has 0 radical (unpaired) electrons. The van der Waals surface area contributed by atoms with Gasteiger partial charge in [0.2, 0.25) is 0 Å². The summed E-state index contributed by atoms with van der Waals surface area (Å²) in [7, 11) is 0. The highest BCUT2D eigenvalue weighted by atomic mass is 16.5. The van der Waals surface area contributed by atoms with Gasteiger partial charge in [-0.1, -0.05) is 12.8 Å². The number of nitrogens with zero attached hydrogens (tertiary/aromatic N) is 1. The van der Waals surface area contributed by atoms with Crippen molar-refractivity contribution in [1.82, 2.24) is 10.2 Å². The second-order valence-corrected chi connectivity index (χ2v) is 8.07. The highest BCUT2D eigenvalue weighted by Crippen LogP contribution is 2.31. The number of likely N-dealkylation sites (tertiary alicyclic amines) is 1. The van der Waals surface area contributed by atoms with Crippen molar-refractivity contribution in [3.63, 3.8) is 0 Å². The van der Waals surface area contributed by atoms with Gasteiger partial charge in [-0.15, -0.1) is 0 Å². The molecule has 2 aliphatic heterocycles. The molecule has 0 spiro atoms. The van der Waals surface area contributed by atoms with Crippen molar-refractivity contribution in [3.8, 4) is 0 Å². The van der Waals surface area contributed by atoms with Gasteiger partial charge < -0.3 is 10.1 Å². The lowest BCUT2D eigenvalue weighted by Crippen LogP contribution is -2.50. The number of ether oxygens (including phenoxy) is 1. The van der Waals surface area contributed by atoms with Crippen LogP contribution in [-0.4, -0.2) is 49.3 Å². The van der Waals surface area contributed by atoms with Crippen molar-refractivity contribution in [2.75, 3.05) is 32.8 Å². The maximum Gasteiger partial charge on any atom is 0.0547 e. The minimum Gasteiger partial charge on any atom is -0.381 e. The zero-order valence-electron chi connectivity index (χ0n) is 14.0. The summed E-state index contributed by atoms with van der Waals surface area (Å²) in [6, 6.07) is 0.740. The van der Waals surface area contributed by atoms with E-state index in [9.17, 15) is 0 Å². The predicted octanol–water partition coefficient (Wildman–Crippen LogP) is 3.05. The second kappa shape index (κ2) is 6.76. The van der Waals surface area contributed by atoms with Crippen LogP contribution < -0.4 is 5.32 Å². The number of nitrogens with one attached hydrogen (secondary N) is 1. The molecular weight excluding hydrogens is 248 g/mol. The molecule has 0 bridgehead atoms. The van der Waals surface area contributed by atoms with Gasteiger partial charge in [-0.2, -0.15) is 0 Å². The van der Waals surface area contributed by atoms with E-state index < -0.39 is 0 Å². The van der Waals surface area contributed by atoms with Gasteiger partial charge in [0.15, 0.2) is 0 Å². The second-order valence-electron chi connectivity index (χ2n) is 8.07. The van der Waals surface area contributed by atoms with E-state index in [1.165, 1.54) is 45.2 Å². The summed E-state index contributed by atoms with van der Waals surface area (Å²) >= 11 is 0. The Balaban J connectivity index is 1.97. The first-order valence-corrected chi connectivity index (χ1v) is 8.47. The normalized spacial score (nSPS) is 33.3. The van der Waals surface area contributed by atoms with Gasteiger partial charge in [-0.25, -0.2) is 0 Å². The summed E-state index contributed by atoms with van der Waals surface area (Å²) in [6.45, 7) is 14.6. The first-order valence-electron chi connectivity index (χ1n) is 8.47. The van der Waals surface area contributed by atoms with Gasteiger partial charge in [-0.3, -0.25) is 4.90 Å². The third-order valence-corrected chi connectivity index (χ3v) is 4.91. The van der Waals surface area contributed by atoms with E-state index in [0.29, 0.717) is 5.41 Å². The molecule has 0 aromatic carbocycles.